The first-order valence-electron chi connectivity index (χ1n) is 9.46. The minimum atomic E-state index is -4.61. The maximum Gasteiger partial charge on any atom is 0.416 e. The number of nitrogens with one attached hydrogen (secondary N) is 3. The average Bonchev–Trinajstić information content (AvgIpc) is 2.70. The Labute approximate surface area is 181 Å². The third kappa shape index (κ3) is 5.63. The van der Waals surface area contributed by atoms with Crippen molar-refractivity contribution < 1.29 is 27.2 Å². The van der Waals surface area contributed by atoms with Crippen molar-refractivity contribution in [3.63, 3.8) is 0 Å². The van der Waals surface area contributed by atoms with Crippen LogP contribution in [0.1, 0.15) is 28.4 Å². The molecule has 0 unspecified atom stereocenters. The molecule has 0 aliphatic carbocycles. The highest BCUT2D eigenvalue weighted by molar-refractivity contribution is 6.08. The van der Waals surface area contributed by atoms with Crippen LogP contribution < -0.4 is 16.0 Å². The van der Waals surface area contributed by atoms with E-state index in [0.717, 1.165) is 18.2 Å². The lowest BCUT2D eigenvalue weighted by Crippen LogP contribution is -2.15. The number of carbonyl (C=O) groups excluding carboxylic acids is 2. The first-order valence-corrected chi connectivity index (χ1v) is 9.46. The number of alkyl halides is 3. The lowest BCUT2D eigenvalue weighted by molar-refractivity contribution is -0.137. The second-order valence-electron chi connectivity index (χ2n) is 7.06. The summed E-state index contributed by atoms with van der Waals surface area (Å²) in [6.45, 7) is 2.95. The summed E-state index contributed by atoms with van der Waals surface area (Å²) >= 11 is 0. The van der Waals surface area contributed by atoms with Gasteiger partial charge in [0, 0.05) is 24.0 Å². The van der Waals surface area contributed by atoms with E-state index in [0.29, 0.717) is 22.6 Å². The molecule has 0 radical (unpaired) electrons. The minimum absolute atomic E-state index is 0.0346. The van der Waals surface area contributed by atoms with Crippen molar-refractivity contribution in [1.29, 1.82) is 0 Å². The number of carbonyl (C=O) groups is 2. The molecule has 0 aliphatic rings. The van der Waals surface area contributed by atoms with Crippen molar-refractivity contribution in [2.24, 2.45) is 0 Å². The van der Waals surface area contributed by atoms with Gasteiger partial charge in [0.2, 0.25) is 5.91 Å². The Morgan fingerprint density at radius 2 is 1.44 bits per heavy atom. The largest absolute Gasteiger partial charge is 0.416 e. The lowest BCUT2D eigenvalue weighted by Gasteiger charge is -2.17. The lowest BCUT2D eigenvalue weighted by atomic mass is 10.1. The number of hydrogen-bond donors (Lipinski definition) is 3. The molecule has 5 nitrogen and oxygen atoms in total. The van der Waals surface area contributed by atoms with Crippen LogP contribution in [0.4, 0.5) is 40.3 Å². The van der Waals surface area contributed by atoms with Gasteiger partial charge in [0.25, 0.3) is 5.91 Å². The van der Waals surface area contributed by atoms with Gasteiger partial charge in [0.05, 0.1) is 16.8 Å². The van der Waals surface area contributed by atoms with Gasteiger partial charge in [-0.3, -0.25) is 9.59 Å². The monoisotopic (exact) mass is 445 g/mol. The Morgan fingerprint density at radius 3 is 2.00 bits per heavy atom. The number of hydrogen-bond acceptors (Lipinski definition) is 3. The fraction of sp³-hybridized carbons (Fsp3) is 0.130. The molecule has 0 aliphatic heterocycles. The third-order valence-corrected chi connectivity index (χ3v) is 4.51. The van der Waals surface area contributed by atoms with Crippen LogP contribution in [-0.2, 0) is 11.0 Å². The summed E-state index contributed by atoms with van der Waals surface area (Å²) in [7, 11) is 0. The van der Waals surface area contributed by atoms with Crippen LogP contribution in [0.5, 0.6) is 0 Å². The van der Waals surface area contributed by atoms with Gasteiger partial charge in [-0.2, -0.15) is 13.2 Å². The summed E-state index contributed by atoms with van der Waals surface area (Å²) in [6, 6.07) is 12.7. The number of rotatable bonds is 5. The van der Waals surface area contributed by atoms with E-state index in [2.05, 4.69) is 16.0 Å². The van der Waals surface area contributed by atoms with E-state index < -0.39 is 23.5 Å². The van der Waals surface area contributed by atoms with E-state index >= 15 is 0 Å². The van der Waals surface area contributed by atoms with Crippen molar-refractivity contribution in [2.75, 3.05) is 16.0 Å². The van der Waals surface area contributed by atoms with Crippen LogP contribution in [0.3, 0.4) is 0 Å². The van der Waals surface area contributed by atoms with Gasteiger partial charge in [-0.25, -0.2) is 4.39 Å². The summed E-state index contributed by atoms with van der Waals surface area (Å²) in [5.74, 6) is -1.38. The smallest absolute Gasteiger partial charge is 0.355 e. The molecule has 3 aromatic rings. The number of anilines is 4. The summed E-state index contributed by atoms with van der Waals surface area (Å²) in [5, 5.41) is 8.01. The molecule has 3 N–H and O–H groups in total. The molecule has 9 heteroatoms. The Kier molecular flexibility index (Phi) is 6.47. The number of benzene rings is 3. The molecule has 3 rings (SSSR count). The van der Waals surface area contributed by atoms with Crippen LogP contribution >= 0.6 is 0 Å². The number of amides is 2. The van der Waals surface area contributed by atoms with Gasteiger partial charge in [-0.05, 0) is 73.2 Å². The minimum Gasteiger partial charge on any atom is -0.355 e. The number of aryl methyl sites for hydroxylation is 1. The maximum atomic E-state index is 13.4. The van der Waals surface area contributed by atoms with Crippen molar-refractivity contribution in [3.8, 4) is 0 Å². The Balaban J connectivity index is 1.91. The van der Waals surface area contributed by atoms with Gasteiger partial charge < -0.3 is 16.0 Å². The molecule has 0 aromatic heterocycles. The second kappa shape index (κ2) is 9.09. The molecule has 0 heterocycles. The zero-order valence-corrected chi connectivity index (χ0v) is 17.1. The highest BCUT2D eigenvalue weighted by Gasteiger charge is 2.31. The maximum absolute atomic E-state index is 13.4. The molecule has 0 bridgehead atoms. The van der Waals surface area contributed by atoms with E-state index in [9.17, 15) is 27.2 Å². The molecular formula is C23H19F4N3O2. The standard InChI is InChI=1S/C23H19F4N3O2/c1-13-11-16(24)4-10-20(13)30-21-12-15(23(25,26)27)3-9-19(21)22(32)29-18-7-5-17(6-8-18)28-14(2)31/h3-12,30H,1-2H3,(H,28,31)(H,29,32). The van der Waals surface area contributed by atoms with E-state index in [4.69, 9.17) is 0 Å². The van der Waals surface area contributed by atoms with Gasteiger partial charge >= 0.3 is 6.18 Å². The first kappa shape index (κ1) is 22.8. The van der Waals surface area contributed by atoms with Crippen molar-refractivity contribution in [1.82, 2.24) is 0 Å². The fourth-order valence-corrected chi connectivity index (χ4v) is 2.97. The van der Waals surface area contributed by atoms with Crippen LogP contribution in [0.15, 0.2) is 60.7 Å². The van der Waals surface area contributed by atoms with Crippen molar-refractivity contribution in [3.05, 3.63) is 83.2 Å². The van der Waals surface area contributed by atoms with Gasteiger partial charge in [-0.15, -0.1) is 0 Å². The molecule has 0 fully saturated rings. The molecule has 0 saturated heterocycles. The quantitative estimate of drug-likeness (QED) is 0.415. The SMILES string of the molecule is CC(=O)Nc1ccc(NC(=O)c2ccc(C(F)(F)F)cc2Nc2ccc(F)cc2C)cc1. The predicted octanol–water partition coefficient (Wildman–Crippen LogP) is 6.11. The van der Waals surface area contributed by atoms with Crippen molar-refractivity contribution >= 4 is 34.6 Å². The number of halogens is 4. The summed E-state index contributed by atoms with van der Waals surface area (Å²) in [6.07, 6.45) is -4.61. The molecule has 0 spiro atoms. The third-order valence-electron chi connectivity index (χ3n) is 4.51. The van der Waals surface area contributed by atoms with E-state index in [1.165, 1.54) is 25.1 Å². The normalized spacial score (nSPS) is 11.1. The van der Waals surface area contributed by atoms with Crippen LogP contribution in [0.2, 0.25) is 0 Å². The molecule has 0 atom stereocenters. The highest BCUT2D eigenvalue weighted by atomic mass is 19.4. The summed E-state index contributed by atoms with van der Waals surface area (Å²) < 4.78 is 53.1. The highest BCUT2D eigenvalue weighted by Crippen LogP contribution is 2.34. The Bertz CT molecular complexity index is 1160. The molecule has 32 heavy (non-hydrogen) atoms. The van der Waals surface area contributed by atoms with Gasteiger partial charge in [-0.1, -0.05) is 0 Å². The summed E-state index contributed by atoms with van der Waals surface area (Å²) in [5.41, 5.74) is 0.680. The average molecular weight is 445 g/mol. The first-order chi connectivity index (χ1) is 15.0. The Hall–Kier alpha value is -3.88. The van der Waals surface area contributed by atoms with Crippen LogP contribution in [0.25, 0.3) is 0 Å². The molecule has 3 aromatic carbocycles. The van der Waals surface area contributed by atoms with Crippen LogP contribution in [0, 0.1) is 12.7 Å². The van der Waals surface area contributed by atoms with E-state index in [1.807, 2.05) is 0 Å². The molecule has 2 amide bonds. The van der Waals surface area contributed by atoms with E-state index in [-0.39, 0.29) is 17.2 Å². The fourth-order valence-electron chi connectivity index (χ4n) is 2.97. The second-order valence-corrected chi connectivity index (χ2v) is 7.06. The van der Waals surface area contributed by atoms with Crippen LogP contribution in [-0.4, -0.2) is 11.8 Å². The molecule has 0 saturated carbocycles. The van der Waals surface area contributed by atoms with E-state index in [1.54, 1.807) is 31.2 Å². The van der Waals surface area contributed by atoms with Crippen molar-refractivity contribution in [2.45, 2.75) is 20.0 Å². The summed E-state index contributed by atoms with van der Waals surface area (Å²) in [4.78, 5) is 23.9. The Morgan fingerprint density at radius 1 is 0.812 bits per heavy atom. The topological polar surface area (TPSA) is 70.2 Å². The van der Waals surface area contributed by atoms with Gasteiger partial charge in [0.15, 0.2) is 0 Å². The zero-order chi connectivity index (χ0) is 23.5. The predicted molar refractivity (Wildman–Crippen MR) is 115 cm³/mol. The zero-order valence-electron chi connectivity index (χ0n) is 17.1. The van der Waals surface area contributed by atoms with Gasteiger partial charge in [0.1, 0.15) is 5.82 Å². The molecular weight excluding hydrogens is 426 g/mol. The molecule has 166 valence electrons.